The molecule has 0 fully saturated rings. The number of benzene rings is 2. The molecule has 0 aromatic heterocycles. The summed E-state index contributed by atoms with van der Waals surface area (Å²) in [7, 11) is 0. The smallest absolute Gasteiger partial charge is 0.206 e. The first-order valence-electron chi connectivity index (χ1n) is 5.38. The molecule has 8 heteroatoms. The van der Waals surface area contributed by atoms with Crippen molar-refractivity contribution in [2.24, 2.45) is 0 Å². The van der Waals surface area contributed by atoms with E-state index < -0.39 is 34.5 Å². The van der Waals surface area contributed by atoms with Crippen LogP contribution in [0.1, 0.15) is 0 Å². The topological polar surface area (TPSA) is 0 Å². The van der Waals surface area contributed by atoms with Gasteiger partial charge in [0, 0.05) is 19.4 Å². The van der Waals surface area contributed by atoms with Gasteiger partial charge in [-0.2, -0.15) is 13.2 Å². The molecule has 2 rings (SSSR count). The van der Waals surface area contributed by atoms with Gasteiger partial charge in [-0.15, -0.1) is 0 Å². The Hall–Kier alpha value is -0.600. The van der Waals surface area contributed by atoms with Gasteiger partial charge in [0.05, 0.1) is 5.56 Å². The predicted molar refractivity (Wildman–Crippen MR) is 79.1 cm³/mol. The van der Waals surface area contributed by atoms with Gasteiger partial charge in [-0.05, 0) is 36.0 Å². The predicted octanol–water partition coefficient (Wildman–Crippen LogP) is 6.77. The molecule has 0 heterocycles. The molecule has 112 valence electrons. The summed E-state index contributed by atoms with van der Waals surface area (Å²) in [5.41, 5.74) is -5.24. The van der Waals surface area contributed by atoms with Gasteiger partial charge in [-0.3, -0.25) is 0 Å². The lowest BCUT2D eigenvalue weighted by Crippen LogP contribution is -2.01. The lowest BCUT2D eigenvalue weighted by Gasteiger charge is -2.15. The second-order valence-electron chi connectivity index (χ2n) is 3.91. The Bertz CT molecular complexity index is 665. The maximum absolute atomic E-state index is 13.9. The van der Waals surface area contributed by atoms with Crippen molar-refractivity contribution in [3.8, 4) is 11.1 Å². The van der Waals surface area contributed by atoms with E-state index >= 15 is 0 Å². The van der Waals surface area contributed by atoms with E-state index in [0.717, 1.165) is 18.2 Å². The number of rotatable bonds is 2. The zero-order chi connectivity index (χ0) is 15.8. The quantitative estimate of drug-likeness (QED) is 0.361. The average Bonchev–Trinajstić information content (AvgIpc) is 2.29. The molecule has 0 N–H and O–H groups in total. The summed E-state index contributed by atoms with van der Waals surface area (Å²) in [6.45, 7) is 0. The summed E-state index contributed by atoms with van der Waals surface area (Å²) in [4.78, 5) is -0.298. The van der Waals surface area contributed by atoms with Crippen molar-refractivity contribution in [3.63, 3.8) is 0 Å². The van der Waals surface area contributed by atoms with Crippen LogP contribution in [-0.4, -0.2) is 5.51 Å². The number of halogens is 7. The maximum Gasteiger partial charge on any atom is 0.446 e. The number of hydrogen-bond donors (Lipinski definition) is 0. The van der Waals surface area contributed by atoms with Gasteiger partial charge in [0.25, 0.3) is 0 Å². The van der Waals surface area contributed by atoms with Gasteiger partial charge in [-0.1, -0.05) is 37.9 Å². The van der Waals surface area contributed by atoms with E-state index in [1.807, 2.05) is 0 Å². The highest BCUT2D eigenvalue weighted by Gasteiger charge is 2.32. The first kappa shape index (κ1) is 16.8. The lowest BCUT2D eigenvalue weighted by atomic mass is 10.0. The molecule has 0 amide bonds. The molecular weight excluding hydrogens is 443 g/mol. The molecule has 0 bridgehead atoms. The molecule has 0 nitrogen and oxygen atoms in total. The minimum absolute atomic E-state index is 0.160. The summed E-state index contributed by atoms with van der Waals surface area (Å²) >= 11 is 5.71. The van der Waals surface area contributed by atoms with E-state index in [1.165, 1.54) is 12.1 Å². The zero-order valence-corrected chi connectivity index (χ0v) is 13.9. The van der Waals surface area contributed by atoms with E-state index in [-0.39, 0.29) is 14.9 Å². The van der Waals surface area contributed by atoms with Crippen molar-refractivity contribution in [2.45, 2.75) is 10.4 Å². The molecule has 0 radical (unpaired) electrons. The standard InChI is InChI=1S/C13H5Br2F5S/c14-6-4-7(15)11(10(5-6)21-13(18,19)20)12-8(16)2-1-3-9(12)17/h1-5H. The Balaban J connectivity index is 2.73. The summed E-state index contributed by atoms with van der Waals surface area (Å²) in [6.07, 6.45) is 0. The minimum atomic E-state index is -4.57. The number of hydrogen-bond acceptors (Lipinski definition) is 1. The van der Waals surface area contributed by atoms with E-state index in [4.69, 9.17) is 0 Å². The maximum atomic E-state index is 13.9. The van der Waals surface area contributed by atoms with Crippen LogP contribution in [0.15, 0.2) is 44.2 Å². The van der Waals surface area contributed by atoms with Crippen LogP contribution < -0.4 is 0 Å². The Morgan fingerprint density at radius 1 is 0.905 bits per heavy atom. The number of thioether (sulfide) groups is 1. The fourth-order valence-electron chi connectivity index (χ4n) is 1.73. The van der Waals surface area contributed by atoms with Crippen molar-refractivity contribution >= 4 is 43.6 Å². The van der Waals surface area contributed by atoms with Crippen LogP contribution in [-0.2, 0) is 0 Å². The van der Waals surface area contributed by atoms with Gasteiger partial charge >= 0.3 is 5.51 Å². The van der Waals surface area contributed by atoms with Crippen LogP contribution in [0, 0.1) is 11.6 Å². The number of alkyl halides is 3. The van der Waals surface area contributed by atoms with Crippen LogP contribution in [0.5, 0.6) is 0 Å². The van der Waals surface area contributed by atoms with Crippen LogP contribution >= 0.6 is 43.6 Å². The van der Waals surface area contributed by atoms with Gasteiger partial charge in [0.1, 0.15) is 11.6 Å². The summed E-state index contributed by atoms with van der Waals surface area (Å²) < 4.78 is 66.2. The van der Waals surface area contributed by atoms with Gasteiger partial charge in [0.2, 0.25) is 0 Å². The van der Waals surface area contributed by atoms with E-state index in [0.29, 0.717) is 4.47 Å². The third-order valence-electron chi connectivity index (χ3n) is 2.46. The fourth-order valence-corrected chi connectivity index (χ4v) is 4.19. The molecular formula is C13H5Br2F5S. The van der Waals surface area contributed by atoms with Crippen LogP contribution in [0.4, 0.5) is 22.0 Å². The highest BCUT2D eigenvalue weighted by Crippen LogP contribution is 2.46. The fraction of sp³-hybridized carbons (Fsp3) is 0.0769. The van der Waals surface area contributed by atoms with E-state index in [1.54, 1.807) is 0 Å². The molecule has 0 aliphatic heterocycles. The molecule has 0 atom stereocenters. The normalized spacial score (nSPS) is 11.8. The second-order valence-corrected chi connectivity index (χ2v) is 6.78. The largest absolute Gasteiger partial charge is 0.446 e. The Morgan fingerprint density at radius 3 is 2.00 bits per heavy atom. The van der Waals surface area contributed by atoms with Gasteiger partial charge < -0.3 is 0 Å². The molecule has 2 aromatic carbocycles. The van der Waals surface area contributed by atoms with Crippen molar-refractivity contribution in [1.82, 2.24) is 0 Å². The Morgan fingerprint density at radius 2 is 1.48 bits per heavy atom. The monoisotopic (exact) mass is 446 g/mol. The van der Waals surface area contributed by atoms with E-state index in [9.17, 15) is 22.0 Å². The summed E-state index contributed by atoms with van der Waals surface area (Å²) in [5, 5.41) is 0. The SMILES string of the molecule is Fc1cccc(F)c1-c1c(Br)cc(Br)cc1SC(F)(F)F. The third-order valence-corrected chi connectivity index (χ3v) is 4.31. The first-order chi connectivity index (χ1) is 9.69. The molecule has 0 saturated carbocycles. The third kappa shape index (κ3) is 3.98. The lowest BCUT2D eigenvalue weighted by molar-refractivity contribution is -0.0328. The van der Waals surface area contributed by atoms with Crippen molar-refractivity contribution in [1.29, 1.82) is 0 Å². The van der Waals surface area contributed by atoms with Crippen molar-refractivity contribution in [2.75, 3.05) is 0 Å². The Labute approximate surface area is 138 Å². The summed E-state index contributed by atoms with van der Waals surface area (Å²) in [5.74, 6) is -1.86. The second kappa shape index (κ2) is 6.26. The molecule has 0 aliphatic carbocycles. The summed E-state index contributed by atoms with van der Waals surface area (Å²) in [6, 6.07) is 5.74. The average molecular weight is 448 g/mol. The Kier molecular flexibility index (Phi) is 4.99. The van der Waals surface area contributed by atoms with E-state index in [2.05, 4.69) is 31.9 Å². The van der Waals surface area contributed by atoms with Crippen LogP contribution in [0.25, 0.3) is 11.1 Å². The molecule has 2 aromatic rings. The molecule has 0 unspecified atom stereocenters. The molecule has 0 spiro atoms. The van der Waals surface area contributed by atoms with Gasteiger partial charge in [0.15, 0.2) is 0 Å². The molecule has 21 heavy (non-hydrogen) atoms. The van der Waals surface area contributed by atoms with Crippen LogP contribution in [0.3, 0.4) is 0 Å². The van der Waals surface area contributed by atoms with Crippen molar-refractivity contribution in [3.05, 3.63) is 50.9 Å². The minimum Gasteiger partial charge on any atom is -0.206 e. The van der Waals surface area contributed by atoms with Gasteiger partial charge in [-0.25, -0.2) is 8.78 Å². The first-order valence-corrected chi connectivity index (χ1v) is 7.78. The highest BCUT2D eigenvalue weighted by molar-refractivity contribution is 9.11. The van der Waals surface area contributed by atoms with Crippen LogP contribution in [0.2, 0.25) is 0 Å². The molecule has 0 saturated heterocycles. The highest BCUT2D eigenvalue weighted by atomic mass is 79.9. The van der Waals surface area contributed by atoms with Crippen molar-refractivity contribution < 1.29 is 22.0 Å². The molecule has 0 aliphatic rings. The zero-order valence-electron chi connectivity index (χ0n) is 9.94.